The molecule has 0 atom stereocenters. The van der Waals surface area contributed by atoms with Gasteiger partial charge in [-0.15, -0.1) is 0 Å². The molecule has 0 aliphatic heterocycles. The average molecular weight is 386 g/mol. The monoisotopic (exact) mass is 386 g/mol. The summed E-state index contributed by atoms with van der Waals surface area (Å²) in [5, 5.41) is 2.40. The number of aryl methyl sites for hydroxylation is 1. The number of esters is 1. The number of nitrogens with one attached hydrogen (secondary N) is 1. The first kappa shape index (κ1) is 20.5. The number of hydrogen-bond donors (Lipinski definition) is 1. The van der Waals surface area contributed by atoms with Crippen LogP contribution < -0.4 is 5.32 Å². The van der Waals surface area contributed by atoms with Crippen molar-refractivity contribution in [2.45, 2.75) is 33.1 Å². The highest BCUT2D eigenvalue weighted by Crippen LogP contribution is 2.23. The summed E-state index contributed by atoms with van der Waals surface area (Å²) in [6.07, 6.45) is -4.43. The van der Waals surface area contributed by atoms with Gasteiger partial charge in [0.15, 0.2) is 6.61 Å². The number of hydrogen-bond acceptors (Lipinski definition) is 3. The lowest BCUT2D eigenvalue weighted by Gasteiger charge is -2.12. The number of halogens is 4. The Labute approximate surface area is 152 Å². The van der Waals surface area contributed by atoms with Gasteiger partial charge in [0, 0.05) is 23.5 Å². The summed E-state index contributed by atoms with van der Waals surface area (Å²) < 4.78 is 57.1. The van der Waals surface area contributed by atoms with E-state index in [1.165, 1.54) is 38.1 Å². The molecule has 0 saturated carbocycles. The van der Waals surface area contributed by atoms with Crippen LogP contribution in [-0.4, -0.2) is 29.2 Å². The number of carbonyl (C=O) groups excluding carboxylic acids is 2. The Balaban J connectivity index is 1.93. The van der Waals surface area contributed by atoms with E-state index < -0.39 is 37.0 Å². The number of benzene rings is 1. The molecule has 27 heavy (non-hydrogen) atoms. The second kappa shape index (κ2) is 8.24. The van der Waals surface area contributed by atoms with Gasteiger partial charge in [-0.1, -0.05) is 18.2 Å². The van der Waals surface area contributed by atoms with Crippen molar-refractivity contribution in [3.8, 4) is 0 Å². The average Bonchev–Trinajstić information content (AvgIpc) is 2.86. The maximum atomic E-state index is 13.5. The zero-order valence-electron chi connectivity index (χ0n) is 14.7. The van der Waals surface area contributed by atoms with Crippen LogP contribution in [0.4, 0.5) is 17.6 Å². The molecule has 5 nitrogen and oxygen atoms in total. The van der Waals surface area contributed by atoms with Crippen molar-refractivity contribution in [1.29, 1.82) is 0 Å². The molecule has 2 aromatic rings. The summed E-state index contributed by atoms with van der Waals surface area (Å²) in [5.41, 5.74) is 0.578. The Morgan fingerprint density at radius 3 is 2.48 bits per heavy atom. The van der Waals surface area contributed by atoms with Crippen molar-refractivity contribution in [2.24, 2.45) is 0 Å². The quantitative estimate of drug-likeness (QED) is 0.612. The molecule has 146 valence electrons. The molecule has 0 spiro atoms. The number of carbonyl (C=O) groups is 2. The minimum Gasteiger partial charge on any atom is -0.452 e. The Bertz CT molecular complexity index is 844. The van der Waals surface area contributed by atoms with Crippen molar-refractivity contribution >= 4 is 11.9 Å². The second-order valence-corrected chi connectivity index (χ2v) is 5.93. The van der Waals surface area contributed by atoms with Crippen molar-refractivity contribution in [3.63, 3.8) is 0 Å². The molecule has 0 bridgehead atoms. The lowest BCUT2D eigenvalue weighted by atomic mass is 10.2. The van der Waals surface area contributed by atoms with Crippen LogP contribution in [0, 0.1) is 19.7 Å². The van der Waals surface area contributed by atoms with Gasteiger partial charge < -0.3 is 14.6 Å². The normalized spacial score (nSPS) is 11.3. The summed E-state index contributed by atoms with van der Waals surface area (Å²) in [5.74, 6) is -2.04. The molecule has 1 N–H and O–H groups in total. The molecule has 1 amide bonds. The second-order valence-electron chi connectivity index (χ2n) is 5.93. The third-order valence-electron chi connectivity index (χ3n) is 3.90. The molecule has 9 heteroatoms. The van der Waals surface area contributed by atoms with Crippen LogP contribution in [0.1, 0.15) is 27.3 Å². The first-order chi connectivity index (χ1) is 12.6. The first-order valence-electron chi connectivity index (χ1n) is 7.99. The maximum Gasteiger partial charge on any atom is 0.406 e. The Hall–Kier alpha value is -2.84. The van der Waals surface area contributed by atoms with Gasteiger partial charge >= 0.3 is 12.1 Å². The summed E-state index contributed by atoms with van der Waals surface area (Å²) in [4.78, 5) is 23.8. The van der Waals surface area contributed by atoms with Gasteiger partial charge in [0.2, 0.25) is 0 Å². The number of ether oxygens (including phenoxy) is 1. The largest absolute Gasteiger partial charge is 0.452 e. The van der Waals surface area contributed by atoms with E-state index in [1.807, 2.05) is 0 Å². The molecule has 0 radical (unpaired) electrons. The molecular weight excluding hydrogens is 368 g/mol. The van der Waals surface area contributed by atoms with Crippen LogP contribution in [0.25, 0.3) is 0 Å². The van der Waals surface area contributed by atoms with E-state index in [0.29, 0.717) is 0 Å². The third-order valence-corrected chi connectivity index (χ3v) is 3.90. The third kappa shape index (κ3) is 5.57. The van der Waals surface area contributed by atoms with E-state index >= 15 is 0 Å². The van der Waals surface area contributed by atoms with E-state index in [0.717, 1.165) is 4.57 Å². The van der Waals surface area contributed by atoms with E-state index in [1.54, 1.807) is 6.07 Å². The number of aromatic nitrogens is 1. The molecule has 1 aromatic carbocycles. The highest BCUT2D eigenvalue weighted by molar-refractivity contribution is 5.92. The van der Waals surface area contributed by atoms with Crippen molar-refractivity contribution in [1.82, 2.24) is 9.88 Å². The van der Waals surface area contributed by atoms with Crippen LogP contribution in [0.5, 0.6) is 0 Å². The molecule has 2 rings (SSSR count). The van der Waals surface area contributed by atoms with Crippen LogP contribution >= 0.6 is 0 Å². The smallest absolute Gasteiger partial charge is 0.406 e. The van der Waals surface area contributed by atoms with Gasteiger partial charge in [-0.2, -0.15) is 13.2 Å². The van der Waals surface area contributed by atoms with Crippen molar-refractivity contribution in [2.75, 3.05) is 6.61 Å². The van der Waals surface area contributed by atoms with Crippen LogP contribution in [0.15, 0.2) is 30.3 Å². The Kier molecular flexibility index (Phi) is 6.24. The van der Waals surface area contributed by atoms with Gasteiger partial charge in [0.1, 0.15) is 12.4 Å². The molecule has 1 heterocycles. The number of amides is 1. The Morgan fingerprint density at radius 1 is 1.19 bits per heavy atom. The van der Waals surface area contributed by atoms with E-state index in [2.05, 4.69) is 5.32 Å². The van der Waals surface area contributed by atoms with Gasteiger partial charge in [-0.25, -0.2) is 9.18 Å². The molecule has 1 aromatic heterocycles. The SMILES string of the molecule is Cc1cc(C(=O)OCC(=O)NCc2ccccc2F)c(C)n1CC(F)(F)F. The van der Waals surface area contributed by atoms with Gasteiger partial charge in [-0.05, 0) is 26.0 Å². The maximum absolute atomic E-state index is 13.5. The number of nitrogens with zero attached hydrogens (tertiary/aromatic N) is 1. The molecule has 0 unspecified atom stereocenters. The zero-order valence-corrected chi connectivity index (χ0v) is 14.7. The predicted molar refractivity (Wildman–Crippen MR) is 88.5 cm³/mol. The highest BCUT2D eigenvalue weighted by atomic mass is 19.4. The van der Waals surface area contributed by atoms with Crippen LogP contribution in [0.2, 0.25) is 0 Å². The minimum absolute atomic E-state index is 0.0429. The van der Waals surface area contributed by atoms with Crippen LogP contribution in [0.3, 0.4) is 0 Å². The van der Waals surface area contributed by atoms with Crippen LogP contribution in [-0.2, 0) is 22.6 Å². The molecule has 0 fully saturated rings. The minimum atomic E-state index is -4.43. The van der Waals surface area contributed by atoms with Crippen molar-refractivity contribution < 1.29 is 31.9 Å². The first-order valence-corrected chi connectivity index (χ1v) is 7.99. The zero-order chi connectivity index (χ0) is 20.2. The summed E-state index contributed by atoms with van der Waals surface area (Å²) >= 11 is 0. The van der Waals surface area contributed by atoms with Gasteiger partial charge in [0.05, 0.1) is 5.56 Å². The summed E-state index contributed by atoms with van der Waals surface area (Å²) in [6, 6.07) is 7.15. The molecule has 0 aliphatic carbocycles. The lowest BCUT2D eigenvalue weighted by molar-refractivity contribution is -0.141. The lowest BCUT2D eigenvalue weighted by Crippen LogP contribution is -2.28. The molecule has 0 aliphatic rings. The fraction of sp³-hybridized carbons (Fsp3) is 0.333. The molecule has 0 saturated heterocycles. The highest BCUT2D eigenvalue weighted by Gasteiger charge is 2.30. The Morgan fingerprint density at radius 2 is 1.85 bits per heavy atom. The fourth-order valence-corrected chi connectivity index (χ4v) is 2.53. The summed E-state index contributed by atoms with van der Waals surface area (Å²) in [6.45, 7) is 0.880. The van der Waals surface area contributed by atoms with Crippen molar-refractivity contribution in [3.05, 3.63) is 58.7 Å². The topological polar surface area (TPSA) is 60.3 Å². The number of alkyl halides is 3. The van der Waals surface area contributed by atoms with E-state index in [9.17, 15) is 27.2 Å². The summed E-state index contributed by atoms with van der Waals surface area (Å²) in [7, 11) is 0. The van der Waals surface area contributed by atoms with Gasteiger partial charge in [-0.3, -0.25) is 4.79 Å². The van der Waals surface area contributed by atoms with E-state index in [4.69, 9.17) is 4.74 Å². The molecular formula is C18H18F4N2O3. The van der Waals surface area contributed by atoms with Gasteiger partial charge in [0.25, 0.3) is 5.91 Å². The predicted octanol–water partition coefficient (Wildman–Crippen LogP) is 3.28. The fourth-order valence-electron chi connectivity index (χ4n) is 2.53. The standard InChI is InChI=1S/C18H18F4N2O3/c1-11-7-14(12(2)24(11)10-18(20,21)22)17(26)27-9-16(25)23-8-13-5-3-4-6-15(13)19/h3-7H,8-10H2,1-2H3,(H,23,25). The number of rotatable bonds is 6. The van der Waals surface area contributed by atoms with E-state index in [-0.39, 0.29) is 29.1 Å².